The Morgan fingerprint density at radius 1 is 1.00 bits per heavy atom. The van der Waals surface area contributed by atoms with Gasteiger partial charge in [0.05, 0.1) is 11.1 Å². The van der Waals surface area contributed by atoms with E-state index in [0.29, 0.717) is 17.0 Å². The van der Waals surface area contributed by atoms with Gasteiger partial charge in [-0.15, -0.1) is 0 Å². The molecule has 3 heteroatoms. The molecule has 1 aliphatic heterocycles. The Kier molecular flexibility index (Phi) is 3.08. The molecule has 0 radical (unpaired) electrons. The second-order valence-corrected chi connectivity index (χ2v) is 5.04. The van der Waals surface area contributed by atoms with Gasteiger partial charge in [0.1, 0.15) is 0 Å². The molecule has 2 aliphatic rings. The number of cyclic esters (lactones) is 2. The molecule has 0 unspecified atom stereocenters. The molecule has 96 valence electrons. The van der Waals surface area contributed by atoms with Crippen LogP contribution in [0.25, 0.3) is 0 Å². The van der Waals surface area contributed by atoms with Crippen LogP contribution in [0.1, 0.15) is 58.4 Å². The first kappa shape index (κ1) is 12.0. The molecule has 3 rings (SSSR count). The van der Waals surface area contributed by atoms with Gasteiger partial charge in [0, 0.05) is 11.5 Å². The first-order chi connectivity index (χ1) is 9.24. The summed E-state index contributed by atoms with van der Waals surface area (Å²) in [5, 5.41) is 0. The van der Waals surface area contributed by atoms with Crippen molar-refractivity contribution in [2.45, 2.75) is 32.1 Å². The average Bonchev–Trinajstić information content (AvgIpc) is 2.73. The van der Waals surface area contributed by atoms with Crippen LogP contribution >= 0.6 is 0 Å². The fourth-order valence-corrected chi connectivity index (χ4v) is 2.60. The number of carbonyl (C=O) groups is 2. The van der Waals surface area contributed by atoms with E-state index < -0.39 is 11.9 Å². The van der Waals surface area contributed by atoms with E-state index in [2.05, 4.69) is 16.6 Å². The maximum atomic E-state index is 11.4. The summed E-state index contributed by atoms with van der Waals surface area (Å²) >= 11 is 0. The second-order valence-electron chi connectivity index (χ2n) is 5.04. The number of rotatable bonds is 0. The zero-order valence-electron chi connectivity index (χ0n) is 10.6. The van der Waals surface area contributed by atoms with E-state index in [1.165, 1.54) is 32.1 Å². The maximum absolute atomic E-state index is 11.4. The predicted molar refractivity (Wildman–Crippen MR) is 69.6 cm³/mol. The third-order valence-corrected chi connectivity index (χ3v) is 3.67. The lowest BCUT2D eigenvalue weighted by Gasteiger charge is -2.15. The van der Waals surface area contributed by atoms with Crippen molar-refractivity contribution in [1.29, 1.82) is 0 Å². The highest BCUT2D eigenvalue weighted by molar-refractivity contribution is 6.14. The van der Waals surface area contributed by atoms with E-state index in [-0.39, 0.29) is 0 Å². The Labute approximate surface area is 112 Å². The third kappa shape index (κ3) is 2.39. The topological polar surface area (TPSA) is 43.4 Å². The zero-order valence-corrected chi connectivity index (χ0v) is 10.6. The normalized spacial score (nSPS) is 18.5. The standard InChI is InChI=1S/C16H14O3/c17-15-13-9-8-12(10-14(13)16(18)19-15)7-6-11-4-2-1-3-5-11/h8-11H,1-5H2. The van der Waals surface area contributed by atoms with Crippen molar-refractivity contribution in [1.82, 2.24) is 0 Å². The Morgan fingerprint density at radius 3 is 2.53 bits per heavy atom. The summed E-state index contributed by atoms with van der Waals surface area (Å²) in [4.78, 5) is 22.8. The summed E-state index contributed by atoms with van der Waals surface area (Å²) in [6.45, 7) is 0. The number of benzene rings is 1. The molecule has 3 nitrogen and oxygen atoms in total. The highest BCUT2D eigenvalue weighted by Gasteiger charge is 2.29. The molecule has 0 N–H and O–H groups in total. The molecule has 1 aliphatic carbocycles. The minimum atomic E-state index is -0.568. The summed E-state index contributed by atoms with van der Waals surface area (Å²) < 4.78 is 4.56. The monoisotopic (exact) mass is 254 g/mol. The smallest absolute Gasteiger partial charge is 0.346 e. The van der Waals surface area contributed by atoms with Crippen LogP contribution < -0.4 is 0 Å². The number of ether oxygens (including phenoxy) is 1. The van der Waals surface area contributed by atoms with Crippen molar-refractivity contribution < 1.29 is 14.3 Å². The molecule has 0 bridgehead atoms. The first-order valence-corrected chi connectivity index (χ1v) is 6.66. The quantitative estimate of drug-likeness (QED) is 0.406. The average molecular weight is 254 g/mol. The van der Waals surface area contributed by atoms with Crippen molar-refractivity contribution in [2.24, 2.45) is 5.92 Å². The molecule has 0 spiro atoms. The molecule has 0 saturated heterocycles. The molecule has 1 saturated carbocycles. The van der Waals surface area contributed by atoms with Crippen molar-refractivity contribution >= 4 is 11.9 Å². The Morgan fingerprint density at radius 2 is 1.74 bits per heavy atom. The SMILES string of the molecule is O=C1OC(=O)c2cc(C#CC3CCCCC3)ccc21. The summed E-state index contributed by atoms with van der Waals surface area (Å²) in [6.07, 6.45) is 6.15. The fraction of sp³-hybridized carbons (Fsp3) is 0.375. The van der Waals surface area contributed by atoms with Crippen LogP contribution in [0.15, 0.2) is 18.2 Å². The van der Waals surface area contributed by atoms with Crippen LogP contribution in [0, 0.1) is 17.8 Å². The highest BCUT2D eigenvalue weighted by Crippen LogP contribution is 2.23. The molecule has 1 heterocycles. The summed E-state index contributed by atoms with van der Waals surface area (Å²) in [5.41, 5.74) is 1.45. The van der Waals surface area contributed by atoms with Gasteiger partial charge in [-0.25, -0.2) is 9.59 Å². The van der Waals surface area contributed by atoms with Crippen molar-refractivity contribution in [3.05, 3.63) is 34.9 Å². The summed E-state index contributed by atoms with van der Waals surface area (Å²) in [6, 6.07) is 5.04. The first-order valence-electron chi connectivity index (χ1n) is 6.66. The Balaban J connectivity index is 1.83. The van der Waals surface area contributed by atoms with Crippen LogP contribution in [0.4, 0.5) is 0 Å². The van der Waals surface area contributed by atoms with Gasteiger partial charge in [-0.1, -0.05) is 31.1 Å². The van der Waals surface area contributed by atoms with Crippen LogP contribution in [-0.2, 0) is 4.74 Å². The van der Waals surface area contributed by atoms with Gasteiger partial charge < -0.3 is 4.74 Å². The van der Waals surface area contributed by atoms with Crippen molar-refractivity contribution in [3.8, 4) is 11.8 Å². The molecule has 0 aromatic heterocycles. The molecule has 0 atom stereocenters. The van der Waals surface area contributed by atoms with Crippen LogP contribution in [0.2, 0.25) is 0 Å². The maximum Gasteiger partial charge on any atom is 0.346 e. The summed E-state index contributed by atoms with van der Waals surface area (Å²) in [7, 11) is 0. The third-order valence-electron chi connectivity index (χ3n) is 3.67. The molecule has 1 aromatic rings. The van der Waals surface area contributed by atoms with Gasteiger partial charge in [-0.3, -0.25) is 0 Å². The van der Waals surface area contributed by atoms with Crippen LogP contribution in [-0.4, -0.2) is 11.9 Å². The van der Waals surface area contributed by atoms with E-state index in [0.717, 1.165) is 5.56 Å². The summed E-state index contributed by atoms with van der Waals surface area (Å²) in [5.74, 6) is 5.72. The minimum Gasteiger partial charge on any atom is -0.386 e. The molecular weight excluding hydrogens is 240 g/mol. The van der Waals surface area contributed by atoms with Gasteiger partial charge in [0.2, 0.25) is 0 Å². The van der Waals surface area contributed by atoms with E-state index in [1.54, 1.807) is 18.2 Å². The van der Waals surface area contributed by atoms with Gasteiger partial charge in [-0.2, -0.15) is 0 Å². The fourth-order valence-electron chi connectivity index (χ4n) is 2.60. The molecule has 0 amide bonds. The molecule has 1 aromatic carbocycles. The van der Waals surface area contributed by atoms with Gasteiger partial charge in [0.25, 0.3) is 0 Å². The predicted octanol–water partition coefficient (Wildman–Crippen LogP) is 2.93. The number of fused-ring (bicyclic) bond motifs is 1. The number of hydrogen-bond acceptors (Lipinski definition) is 3. The van der Waals surface area contributed by atoms with E-state index in [1.807, 2.05) is 0 Å². The van der Waals surface area contributed by atoms with Crippen molar-refractivity contribution in [2.75, 3.05) is 0 Å². The zero-order chi connectivity index (χ0) is 13.2. The second kappa shape index (κ2) is 4.89. The Hall–Kier alpha value is -2.08. The van der Waals surface area contributed by atoms with Gasteiger partial charge in [0.15, 0.2) is 0 Å². The van der Waals surface area contributed by atoms with Crippen LogP contribution in [0.3, 0.4) is 0 Å². The molecule has 19 heavy (non-hydrogen) atoms. The van der Waals surface area contributed by atoms with Gasteiger partial charge >= 0.3 is 11.9 Å². The molecule has 1 fully saturated rings. The highest BCUT2D eigenvalue weighted by atomic mass is 16.6. The lowest BCUT2D eigenvalue weighted by Crippen LogP contribution is -2.03. The number of hydrogen-bond donors (Lipinski definition) is 0. The van der Waals surface area contributed by atoms with Gasteiger partial charge in [-0.05, 0) is 31.0 Å². The Bertz CT molecular complexity index is 598. The lowest BCUT2D eigenvalue weighted by atomic mass is 9.89. The minimum absolute atomic E-state index is 0.334. The molecular formula is C16H14O3. The van der Waals surface area contributed by atoms with E-state index in [9.17, 15) is 9.59 Å². The van der Waals surface area contributed by atoms with Crippen molar-refractivity contribution in [3.63, 3.8) is 0 Å². The van der Waals surface area contributed by atoms with Crippen LogP contribution in [0.5, 0.6) is 0 Å². The van der Waals surface area contributed by atoms with E-state index in [4.69, 9.17) is 0 Å². The number of carbonyl (C=O) groups excluding carboxylic acids is 2. The number of esters is 2. The largest absolute Gasteiger partial charge is 0.386 e. The van der Waals surface area contributed by atoms with E-state index >= 15 is 0 Å². The lowest BCUT2D eigenvalue weighted by molar-refractivity contribution is 0.0444.